The average Bonchev–Trinajstić information content (AvgIpc) is 2.38. The molecular weight excluding hydrogens is 256 g/mol. The van der Waals surface area contributed by atoms with Gasteiger partial charge in [-0.25, -0.2) is 4.79 Å². The zero-order valence-electron chi connectivity index (χ0n) is 10.4. The Morgan fingerprint density at radius 3 is 2.63 bits per heavy atom. The van der Waals surface area contributed by atoms with Crippen molar-refractivity contribution in [1.29, 1.82) is 0 Å². The normalized spacial score (nSPS) is 11.5. The highest BCUT2D eigenvalue weighted by Gasteiger charge is 2.37. The molecule has 0 amide bonds. The van der Waals surface area contributed by atoms with Crippen molar-refractivity contribution < 1.29 is 23.4 Å². The third-order valence-corrected chi connectivity index (χ3v) is 2.41. The Kier molecular flexibility index (Phi) is 6.38. The molecule has 0 aromatic heterocycles. The van der Waals surface area contributed by atoms with Crippen LogP contribution in [0.4, 0.5) is 8.78 Å². The largest absolute Gasteiger partial charge is 0.477 e. The summed E-state index contributed by atoms with van der Waals surface area (Å²) in [4.78, 5) is 10.1. The second kappa shape index (κ2) is 7.81. The van der Waals surface area contributed by atoms with E-state index in [9.17, 15) is 13.6 Å². The standard InChI is InChI=1S/C13H17F2NO3/c14-13(15,12(17)18)10-16-7-4-8-19-9-11-5-2-1-3-6-11/h1-3,5-6,16H,4,7-10H2,(H,17,18). The van der Waals surface area contributed by atoms with Gasteiger partial charge in [-0.2, -0.15) is 8.78 Å². The van der Waals surface area contributed by atoms with Crippen LogP contribution in [0.1, 0.15) is 12.0 Å². The van der Waals surface area contributed by atoms with E-state index in [-0.39, 0.29) is 6.54 Å². The van der Waals surface area contributed by atoms with Gasteiger partial charge in [0.1, 0.15) is 0 Å². The quantitative estimate of drug-likeness (QED) is 0.675. The SMILES string of the molecule is O=C(O)C(F)(F)CNCCCOCc1ccccc1. The van der Waals surface area contributed by atoms with Crippen LogP contribution in [0.15, 0.2) is 30.3 Å². The fourth-order valence-corrected chi connectivity index (χ4v) is 1.38. The summed E-state index contributed by atoms with van der Waals surface area (Å²) >= 11 is 0. The number of rotatable bonds is 9. The van der Waals surface area contributed by atoms with E-state index in [1.807, 2.05) is 30.3 Å². The lowest BCUT2D eigenvalue weighted by Crippen LogP contribution is -2.40. The van der Waals surface area contributed by atoms with E-state index in [2.05, 4.69) is 5.32 Å². The van der Waals surface area contributed by atoms with E-state index >= 15 is 0 Å². The molecule has 1 aromatic carbocycles. The van der Waals surface area contributed by atoms with Crippen molar-refractivity contribution in [2.24, 2.45) is 0 Å². The number of halogens is 2. The second-order valence-electron chi connectivity index (χ2n) is 4.08. The van der Waals surface area contributed by atoms with Gasteiger partial charge in [0.15, 0.2) is 0 Å². The lowest BCUT2D eigenvalue weighted by molar-refractivity contribution is -0.164. The van der Waals surface area contributed by atoms with E-state index in [0.717, 1.165) is 5.56 Å². The highest BCUT2D eigenvalue weighted by molar-refractivity contribution is 5.75. The Bertz CT molecular complexity index is 385. The smallest absolute Gasteiger partial charge is 0.375 e. The van der Waals surface area contributed by atoms with Crippen LogP contribution in [0.3, 0.4) is 0 Å². The van der Waals surface area contributed by atoms with Crippen molar-refractivity contribution >= 4 is 5.97 Å². The third kappa shape index (κ3) is 6.26. The highest BCUT2D eigenvalue weighted by atomic mass is 19.3. The highest BCUT2D eigenvalue weighted by Crippen LogP contribution is 2.11. The van der Waals surface area contributed by atoms with Crippen molar-refractivity contribution in [3.8, 4) is 0 Å². The molecule has 1 rings (SSSR count). The van der Waals surface area contributed by atoms with E-state index in [1.165, 1.54) is 0 Å². The molecule has 106 valence electrons. The fraction of sp³-hybridized carbons (Fsp3) is 0.462. The summed E-state index contributed by atoms with van der Waals surface area (Å²) in [5, 5.41) is 10.6. The molecular formula is C13H17F2NO3. The molecule has 4 nitrogen and oxygen atoms in total. The van der Waals surface area contributed by atoms with Crippen LogP contribution in [-0.2, 0) is 16.1 Å². The molecule has 0 saturated carbocycles. The molecule has 0 unspecified atom stereocenters. The lowest BCUT2D eigenvalue weighted by atomic mass is 10.2. The second-order valence-corrected chi connectivity index (χ2v) is 4.08. The topological polar surface area (TPSA) is 58.6 Å². The molecule has 0 bridgehead atoms. The van der Waals surface area contributed by atoms with Gasteiger partial charge in [0.2, 0.25) is 0 Å². The molecule has 0 spiro atoms. The lowest BCUT2D eigenvalue weighted by Gasteiger charge is -2.12. The zero-order valence-corrected chi connectivity index (χ0v) is 10.4. The van der Waals surface area contributed by atoms with Crippen molar-refractivity contribution in [3.05, 3.63) is 35.9 Å². The molecule has 0 heterocycles. The maximum Gasteiger partial charge on any atom is 0.375 e. The molecule has 0 fully saturated rings. The summed E-state index contributed by atoms with van der Waals surface area (Å²) in [6.07, 6.45) is 0.544. The van der Waals surface area contributed by atoms with Gasteiger partial charge in [-0.3, -0.25) is 0 Å². The maximum absolute atomic E-state index is 12.6. The number of benzene rings is 1. The first kappa shape index (κ1) is 15.5. The van der Waals surface area contributed by atoms with Crippen molar-refractivity contribution in [2.45, 2.75) is 19.0 Å². The summed E-state index contributed by atoms with van der Waals surface area (Å²) in [6, 6.07) is 9.61. The molecule has 19 heavy (non-hydrogen) atoms. The van der Waals surface area contributed by atoms with Gasteiger partial charge in [-0.1, -0.05) is 30.3 Å². The van der Waals surface area contributed by atoms with Crippen molar-refractivity contribution in [1.82, 2.24) is 5.32 Å². The van der Waals surface area contributed by atoms with Gasteiger partial charge >= 0.3 is 11.9 Å². The molecule has 0 radical (unpaired) electrons. The molecule has 0 aliphatic heterocycles. The predicted molar refractivity (Wildman–Crippen MR) is 66.2 cm³/mol. The molecule has 0 atom stereocenters. The van der Waals surface area contributed by atoms with E-state index in [1.54, 1.807) is 0 Å². The maximum atomic E-state index is 12.6. The molecule has 0 aliphatic rings. The monoisotopic (exact) mass is 273 g/mol. The van der Waals surface area contributed by atoms with E-state index < -0.39 is 18.4 Å². The Hall–Kier alpha value is -1.53. The summed E-state index contributed by atoms with van der Waals surface area (Å²) in [7, 11) is 0. The molecule has 6 heteroatoms. The number of hydrogen-bond donors (Lipinski definition) is 2. The van der Waals surface area contributed by atoms with Gasteiger partial charge < -0.3 is 15.2 Å². The number of ether oxygens (including phenoxy) is 1. The van der Waals surface area contributed by atoms with Crippen LogP contribution in [0, 0.1) is 0 Å². The van der Waals surface area contributed by atoms with Crippen LogP contribution in [-0.4, -0.2) is 36.7 Å². The average molecular weight is 273 g/mol. The van der Waals surface area contributed by atoms with Crippen LogP contribution in [0.25, 0.3) is 0 Å². The number of alkyl halides is 2. The minimum absolute atomic E-state index is 0.289. The van der Waals surface area contributed by atoms with Crippen LogP contribution in [0.5, 0.6) is 0 Å². The Labute approximate surface area is 110 Å². The van der Waals surface area contributed by atoms with Crippen molar-refractivity contribution in [2.75, 3.05) is 19.7 Å². The van der Waals surface area contributed by atoms with E-state index in [0.29, 0.717) is 19.6 Å². The van der Waals surface area contributed by atoms with E-state index in [4.69, 9.17) is 9.84 Å². The summed E-state index contributed by atoms with van der Waals surface area (Å²) in [5.74, 6) is -5.83. The minimum Gasteiger partial charge on any atom is -0.477 e. The minimum atomic E-state index is -3.72. The molecule has 0 aliphatic carbocycles. The van der Waals surface area contributed by atoms with Gasteiger partial charge in [-0.15, -0.1) is 0 Å². The first-order chi connectivity index (χ1) is 9.02. The fourth-order valence-electron chi connectivity index (χ4n) is 1.38. The summed E-state index contributed by atoms with van der Waals surface area (Å²) < 4.78 is 30.7. The van der Waals surface area contributed by atoms with Gasteiger partial charge in [-0.05, 0) is 18.5 Å². The Morgan fingerprint density at radius 1 is 1.32 bits per heavy atom. The number of carboxylic acid groups (broad SMARTS) is 1. The number of nitrogens with one attached hydrogen (secondary N) is 1. The third-order valence-electron chi connectivity index (χ3n) is 2.41. The molecule has 0 saturated heterocycles. The first-order valence-electron chi connectivity index (χ1n) is 5.96. The van der Waals surface area contributed by atoms with Crippen LogP contribution in [0.2, 0.25) is 0 Å². The number of hydrogen-bond acceptors (Lipinski definition) is 3. The van der Waals surface area contributed by atoms with Crippen LogP contribution >= 0.6 is 0 Å². The molecule has 2 N–H and O–H groups in total. The molecule has 1 aromatic rings. The number of carboxylic acids is 1. The van der Waals surface area contributed by atoms with Crippen LogP contribution < -0.4 is 5.32 Å². The predicted octanol–water partition coefficient (Wildman–Crippen LogP) is 1.90. The van der Waals surface area contributed by atoms with Gasteiger partial charge in [0.05, 0.1) is 13.2 Å². The Morgan fingerprint density at radius 2 is 2.00 bits per heavy atom. The summed E-state index contributed by atoms with van der Waals surface area (Å²) in [6.45, 7) is 0.339. The van der Waals surface area contributed by atoms with Gasteiger partial charge in [0.25, 0.3) is 0 Å². The van der Waals surface area contributed by atoms with Crippen molar-refractivity contribution in [3.63, 3.8) is 0 Å². The number of carbonyl (C=O) groups is 1. The number of aliphatic carboxylic acids is 1. The summed E-state index contributed by atoms with van der Waals surface area (Å²) in [5.41, 5.74) is 1.05. The Balaban J connectivity index is 2.02. The zero-order chi connectivity index (χ0) is 14.1. The van der Waals surface area contributed by atoms with Gasteiger partial charge in [0, 0.05) is 6.61 Å². The first-order valence-corrected chi connectivity index (χ1v) is 5.96.